The monoisotopic (exact) mass is 279 g/mol. The van der Waals surface area contributed by atoms with Gasteiger partial charge >= 0.3 is 0 Å². The number of rotatable bonds is 4. The Bertz CT molecular complexity index is 458. The van der Waals surface area contributed by atoms with Crippen LogP contribution in [0.3, 0.4) is 0 Å². The smallest absolute Gasteiger partial charge is 0.203 e. The van der Waals surface area contributed by atoms with Crippen LogP contribution in [-0.2, 0) is 15.6 Å². The van der Waals surface area contributed by atoms with Gasteiger partial charge in [-0.15, -0.1) is 0 Å². The Morgan fingerprint density at radius 3 is 2.42 bits per heavy atom. The molecule has 0 saturated carbocycles. The van der Waals surface area contributed by atoms with Gasteiger partial charge in [-0.3, -0.25) is 9.46 Å². The van der Waals surface area contributed by atoms with E-state index < -0.39 is 7.37 Å². The second kappa shape index (κ2) is 5.40. The van der Waals surface area contributed by atoms with E-state index >= 15 is 0 Å². The van der Waals surface area contributed by atoms with Gasteiger partial charge in [0.25, 0.3) is 0 Å². The minimum Gasteiger partial charge on any atom is -0.329 e. The Morgan fingerprint density at radius 1 is 1.21 bits per heavy atom. The largest absolute Gasteiger partial charge is 0.329 e. The van der Waals surface area contributed by atoms with E-state index in [1.54, 1.807) is 0 Å². The highest BCUT2D eigenvalue weighted by atomic mass is 31.2. The quantitative estimate of drug-likeness (QED) is 0.793. The standard InChI is InChI=1S/C15H22NO2P/c1-2-18-19(17)11-14-9-16(10-15(14)12-19)8-13-6-4-3-5-7-13/h3-7,14-15H,2,8-12H2,1H3/t14-,15+,19+. The maximum Gasteiger partial charge on any atom is 0.203 e. The third-order valence-electron chi connectivity index (χ3n) is 4.29. The van der Waals surface area contributed by atoms with Crippen LogP contribution in [0.1, 0.15) is 12.5 Å². The second-order valence-electron chi connectivity index (χ2n) is 5.80. The molecule has 1 aromatic carbocycles. The van der Waals surface area contributed by atoms with Crippen molar-refractivity contribution in [2.75, 3.05) is 32.0 Å². The van der Waals surface area contributed by atoms with Gasteiger partial charge in [-0.25, -0.2) is 0 Å². The average Bonchev–Trinajstić information content (AvgIpc) is 2.85. The molecule has 3 rings (SSSR count). The summed E-state index contributed by atoms with van der Waals surface area (Å²) in [5, 5.41) is 0. The van der Waals surface area contributed by atoms with Crippen molar-refractivity contribution in [1.29, 1.82) is 0 Å². The average molecular weight is 279 g/mol. The predicted molar refractivity (Wildman–Crippen MR) is 77.7 cm³/mol. The Balaban J connectivity index is 1.58. The molecule has 3 nitrogen and oxygen atoms in total. The van der Waals surface area contributed by atoms with E-state index in [1.165, 1.54) is 5.56 Å². The zero-order chi connectivity index (χ0) is 13.3. The van der Waals surface area contributed by atoms with Crippen molar-refractivity contribution in [2.24, 2.45) is 11.8 Å². The lowest BCUT2D eigenvalue weighted by molar-refractivity contribution is 0.304. The first kappa shape index (κ1) is 13.4. The van der Waals surface area contributed by atoms with Crippen LogP contribution in [0.2, 0.25) is 0 Å². The fourth-order valence-corrected chi connectivity index (χ4v) is 6.64. The van der Waals surface area contributed by atoms with Crippen LogP contribution >= 0.6 is 7.37 Å². The molecule has 0 bridgehead atoms. The molecule has 2 saturated heterocycles. The van der Waals surface area contributed by atoms with Gasteiger partial charge in [-0.1, -0.05) is 30.3 Å². The molecule has 2 aliphatic heterocycles. The Hall–Kier alpha value is -0.630. The van der Waals surface area contributed by atoms with E-state index in [0.29, 0.717) is 18.4 Å². The van der Waals surface area contributed by atoms with E-state index in [9.17, 15) is 4.57 Å². The summed E-state index contributed by atoms with van der Waals surface area (Å²) < 4.78 is 18.0. The molecule has 0 unspecified atom stereocenters. The van der Waals surface area contributed by atoms with E-state index in [4.69, 9.17) is 4.52 Å². The minimum atomic E-state index is -2.28. The summed E-state index contributed by atoms with van der Waals surface area (Å²) in [4.78, 5) is 2.50. The molecular formula is C15H22NO2P. The van der Waals surface area contributed by atoms with Crippen molar-refractivity contribution in [2.45, 2.75) is 13.5 Å². The maximum absolute atomic E-state index is 12.5. The predicted octanol–water partition coefficient (Wildman–Crippen LogP) is 3.06. The Morgan fingerprint density at radius 2 is 1.84 bits per heavy atom. The number of hydrogen-bond acceptors (Lipinski definition) is 3. The molecule has 4 heteroatoms. The number of hydrogen-bond donors (Lipinski definition) is 0. The van der Waals surface area contributed by atoms with Gasteiger partial charge in [0.05, 0.1) is 6.61 Å². The number of likely N-dealkylation sites (tertiary alicyclic amines) is 1. The number of fused-ring (bicyclic) bond motifs is 1. The van der Waals surface area contributed by atoms with Gasteiger partial charge in [-0.2, -0.15) is 0 Å². The van der Waals surface area contributed by atoms with Crippen LogP contribution in [0.25, 0.3) is 0 Å². The second-order valence-corrected chi connectivity index (χ2v) is 8.41. The van der Waals surface area contributed by atoms with E-state index in [1.807, 2.05) is 6.92 Å². The van der Waals surface area contributed by atoms with Gasteiger partial charge in [0, 0.05) is 32.0 Å². The highest BCUT2D eigenvalue weighted by Gasteiger charge is 2.46. The van der Waals surface area contributed by atoms with E-state index in [2.05, 4.69) is 35.2 Å². The van der Waals surface area contributed by atoms with Gasteiger partial charge in [-0.05, 0) is 24.3 Å². The molecule has 19 heavy (non-hydrogen) atoms. The molecule has 0 aromatic heterocycles. The first-order valence-corrected chi connectivity index (χ1v) is 9.17. The molecule has 0 radical (unpaired) electrons. The summed E-state index contributed by atoms with van der Waals surface area (Å²) >= 11 is 0. The van der Waals surface area contributed by atoms with Gasteiger partial charge in [0.15, 0.2) is 0 Å². The first-order chi connectivity index (χ1) is 9.18. The minimum absolute atomic E-state index is 0.584. The van der Waals surface area contributed by atoms with Crippen molar-refractivity contribution in [1.82, 2.24) is 4.90 Å². The fourth-order valence-electron chi connectivity index (χ4n) is 3.55. The van der Waals surface area contributed by atoms with Gasteiger partial charge < -0.3 is 4.52 Å². The Kier molecular flexibility index (Phi) is 3.79. The van der Waals surface area contributed by atoms with Crippen molar-refractivity contribution in [3.63, 3.8) is 0 Å². The molecule has 0 spiro atoms. The summed E-state index contributed by atoms with van der Waals surface area (Å²) in [6.45, 7) is 5.71. The molecule has 2 aliphatic rings. The lowest BCUT2D eigenvalue weighted by Gasteiger charge is -2.19. The molecule has 1 aromatic rings. The van der Waals surface area contributed by atoms with Crippen LogP contribution in [0.4, 0.5) is 0 Å². The fraction of sp³-hybridized carbons (Fsp3) is 0.600. The van der Waals surface area contributed by atoms with Crippen molar-refractivity contribution < 1.29 is 9.09 Å². The van der Waals surface area contributed by atoms with Crippen molar-refractivity contribution >= 4 is 7.37 Å². The third-order valence-corrected chi connectivity index (χ3v) is 7.07. The van der Waals surface area contributed by atoms with Crippen LogP contribution < -0.4 is 0 Å². The lowest BCUT2D eigenvalue weighted by atomic mass is 10.0. The van der Waals surface area contributed by atoms with Crippen molar-refractivity contribution in [3.05, 3.63) is 35.9 Å². The highest BCUT2D eigenvalue weighted by Crippen LogP contribution is 2.59. The molecular weight excluding hydrogens is 257 g/mol. The lowest BCUT2D eigenvalue weighted by Crippen LogP contribution is -2.22. The zero-order valence-corrected chi connectivity index (χ0v) is 12.4. The van der Waals surface area contributed by atoms with E-state index in [-0.39, 0.29) is 0 Å². The SMILES string of the molecule is CCO[P@@]1(=O)C[C@H]2CN(Cc3ccccc3)C[C@H]2C1. The van der Waals surface area contributed by atoms with Crippen LogP contribution in [0.5, 0.6) is 0 Å². The van der Waals surface area contributed by atoms with Crippen LogP contribution in [0.15, 0.2) is 30.3 Å². The molecule has 0 aliphatic carbocycles. The molecule has 0 amide bonds. The van der Waals surface area contributed by atoms with E-state index in [0.717, 1.165) is 32.0 Å². The highest BCUT2D eigenvalue weighted by molar-refractivity contribution is 7.59. The molecule has 2 heterocycles. The van der Waals surface area contributed by atoms with Crippen LogP contribution in [0, 0.1) is 11.8 Å². The number of benzene rings is 1. The van der Waals surface area contributed by atoms with Gasteiger partial charge in [0.2, 0.25) is 7.37 Å². The summed E-state index contributed by atoms with van der Waals surface area (Å²) in [5.41, 5.74) is 1.37. The summed E-state index contributed by atoms with van der Waals surface area (Å²) in [5.74, 6) is 1.17. The van der Waals surface area contributed by atoms with Crippen LogP contribution in [-0.4, -0.2) is 36.9 Å². The molecule has 104 valence electrons. The topological polar surface area (TPSA) is 29.5 Å². The normalized spacial score (nSPS) is 34.6. The maximum atomic E-state index is 12.5. The number of nitrogens with zero attached hydrogens (tertiary/aromatic N) is 1. The molecule has 2 fully saturated rings. The third kappa shape index (κ3) is 2.94. The summed E-state index contributed by atoms with van der Waals surface area (Å²) in [6, 6.07) is 10.6. The summed E-state index contributed by atoms with van der Waals surface area (Å²) in [6.07, 6.45) is 1.60. The summed E-state index contributed by atoms with van der Waals surface area (Å²) in [7, 11) is -2.28. The first-order valence-electron chi connectivity index (χ1n) is 7.17. The van der Waals surface area contributed by atoms with Crippen molar-refractivity contribution in [3.8, 4) is 0 Å². The Labute approximate surface area is 115 Å². The zero-order valence-electron chi connectivity index (χ0n) is 11.5. The molecule has 0 N–H and O–H groups in total. The molecule has 3 atom stereocenters. The van der Waals surface area contributed by atoms with Gasteiger partial charge in [0.1, 0.15) is 0 Å².